The topological polar surface area (TPSA) is 70.7 Å². The van der Waals surface area contributed by atoms with Gasteiger partial charge < -0.3 is 20.3 Å². The molecule has 0 spiro atoms. The van der Waals surface area contributed by atoms with E-state index in [-0.39, 0.29) is 18.4 Å². The molecule has 0 aliphatic carbocycles. The van der Waals surface area contributed by atoms with Crippen LogP contribution in [0.3, 0.4) is 0 Å². The summed E-state index contributed by atoms with van der Waals surface area (Å²) in [5, 5.41) is 5.50. The number of benzene rings is 1. The van der Waals surface area contributed by atoms with Gasteiger partial charge in [0.05, 0.1) is 18.7 Å². The minimum absolute atomic E-state index is 0.0248. The number of nitrogens with one attached hydrogen (secondary N) is 2. The summed E-state index contributed by atoms with van der Waals surface area (Å²) in [7, 11) is 0. The molecule has 0 saturated carbocycles. The highest BCUT2D eigenvalue weighted by atomic mass is 16.5. The average molecular weight is 347 g/mol. The molecule has 2 rings (SSSR count). The maximum absolute atomic E-state index is 12.2. The highest BCUT2D eigenvalue weighted by molar-refractivity contribution is 5.98. The van der Waals surface area contributed by atoms with E-state index < -0.39 is 0 Å². The van der Waals surface area contributed by atoms with Gasteiger partial charge in [-0.25, -0.2) is 0 Å². The second kappa shape index (κ2) is 10.7. The van der Waals surface area contributed by atoms with Crippen LogP contribution in [-0.2, 0) is 4.79 Å². The fourth-order valence-corrected chi connectivity index (χ4v) is 2.97. The molecule has 1 aromatic carbocycles. The van der Waals surface area contributed by atoms with E-state index >= 15 is 0 Å². The average Bonchev–Trinajstić information content (AvgIpc) is 2.65. The van der Waals surface area contributed by atoms with Crippen LogP contribution in [0, 0.1) is 0 Å². The van der Waals surface area contributed by atoms with Gasteiger partial charge in [0.25, 0.3) is 5.91 Å². The molecule has 1 aromatic rings. The largest absolute Gasteiger partial charge is 0.493 e. The van der Waals surface area contributed by atoms with Crippen molar-refractivity contribution in [1.29, 1.82) is 0 Å². The van der Waals surface area contributed by atoms with Crippen molar-refractivity contribution in [2.75, 3.05) is 39.3 Å². The molecule has 138 valence electrons. The molecule has 1 fully saturated rings. The first-order valence-corrected chi connectivity index (χ1v) is 9.19. The Balaban J connectivity index is 1.65. The van der Waals surface area contributed by atoms with Gasteiger partial charge in [0.1, 0.15) is 5.75 Å². The number of nitrogens with zero attached hydrogens (tertiary/aromatic N) is 1. The van der Waals surface area contributed by atoms with Crippen molar-refractivity contribution in [3.8, 4) is 5.75 Å². The molecule has 0 atom stereocenters. The lowest BCUT2D eigenvalue weighted by atomic mass is 10.1. The van der Waals surface area contributed by atoms with E-state index in [0.29, 0.717) is 24.5 Å². The summed E-state index contributed by atoms with van der Waals surface area (Å²) in [5.41, 5.74) is 0.447. The lowest BCUT2D eigenvalue weighted by Crippen LogP contribution is -2.38. The Hall–Kier alpha value is -2.08. The van der Waals surface area contributed by atoms with Crippen LogP contribution in [0.15, 0.2) is 24.3 Å². The molecule has 1 aliphatic heterocycles. The predicted molar refractivity (Wildman–Crippen MR) is 97.9 cm³/mol. The van der Waals surface area contributed by atoms with Gasteiger partial charge in [0, 0.05) is 6.54 Å². The summed E-state index contributed by atoms with van der Waals surface area (Å²) in [4.78, 5) is 26.5. The Morgan fingerprint density at radius 2 is 1.88 bits per heavy atom. The molecule has 25 heavy (non-hydrogen) atoms. The molecule has 0 bridgehead atoms. The zero-order chi connectivity index (χ0) is 17.9. The summed E-state index contributed by atoms with van der Waals surface area (Å²) in [5.74, 6) is 0.0674. The van der Waals surface area contributed by atoms with Crippen LogP contribution in [0.1, 0.15) is 43.0 Å². The van der Waals surface area contributed by atoms with Gasteiger partial charge in [0.2, 0.25) is 5.91 Å². The van der Waals surface area contributed by atoms with E-state index in [2.05, 4.69) is 15.5 Å². The van der Waals surface area contributed by atoms with Crippen molar-refractivity contribution in [1.82, 2.24) is 15.5 Å². The van der Waals surface area contributed by atoms with Gasteiger partial charge >= 0.3 is 0 Å². The molecule has 0 radical (unpaired) electrons. The van der Waals surface area contributed by atoms with E-state index in [0.717, 1.165) is 13.0 Å². The number of hydrogen-bond donors (Lipinski definition) is 2. The van der Waals surface area contributed by atoms with Gasteiger partial charge in [-0.2, -0.15) is 0 Å². The molecule has 0 aromatic heterocycles. The molecule has 6 heteroatoms. The standard InChI is InChI=1S/C19H29N3O3/c1-2-25-17-10-5-4-9-16(17)19(24)21-15-18(23)20-11-8-14-22-12-6-3-7-13-22/h4-5,9-10H,2-3,6-8,11-15H2,1H3,(H,20,23)(H,21,24). The van der Waals surface area contributed by atoms with Crippen LogP contribution in [0.4, 0.5) is 0 Å². The highest BCUT2D eigenvalue weighted by Crippen LogP contribution is 2.17. The van der Waals surface area contributed by atoms with Crippen LogP contribution in [0.2, 0.25) is 0 Å². The van der Waals surface area contributed by atoms with Gasteiger partial charge in [-0.05, 0) is 58.0 Å². The first-order chi connectivity index (χ1) is 12.2. The molecule has 2 N–H and O–H groups in total. The third-order valence-corrected chi connectivity index (χ3v) is 4.26. The SMILES string of the molecule is CCOc1ccccc1C(=O)NCC(=O)NCCCN1CCCCC1. The van der Waals surface area contributed by atoms with Gasteiger partial charge in [-0.15, -0.1) is 0 Å². The van der Waals surface area contributed by atoms with E-state index in [1.807, 2.05) is 13.0 Å². The predicted octanol–water partition coefficient (Wildman–Crippen LogP) is 1.81. The molecule has 6 nitrogen and oxygen atoms in total. The second-order valence-corrected chi connectivity index (χ2v) is 6.22. The first kappa shape index (κ1) is 19.2. The Morgan fingerprint density at radius 3 is 2.64 bits per heavy atom. The number of carbonyl (C=O) groups excluding carboxylic acids is 2. The normalized spacial score (nSPS) is 14.8. The van der Waals surface area contributed by atoms with Crippen molar-refractivity contribution in [3.05, 3.63) is 29.8 Å². The van der Waals surface area contributed by atoms with Crippen molar-refractivity contribution < 1.29 is 14.3 Å². The fraction of sp³-hybridized carbons (Fsp3) is 0.579. The Morgan fingerprint density at radius 1 is 1.12 bits per heavy atom. The Kier molecular flexibility index (Phi) is 8.25. The molecular formula is C19H29N3O3. The van der Waals surface area contributed by atoms with Crippen molar-refractivity contribution >= 4 is 11.8 Å². The number of piperidine rings is 1. The highest BCUT2D eigenvalue weighted by Gasteiger charge is 2.13. The van der Waals surface area contributed by atoms with E-state index in [1.165, 1.54) is 32.4 Å². The van der Waals surface area contributed by atoms with Crippen molar-refractivity contribution in [2.45, 2.75) is 32.6 Å². The van der Waals surface area contributed by atoms with Gasteiger partial charge in [-0.3, -0.25) is 9.59 Å². The molecule has 1 heterocycles. The van der Waals surface area contributed by atoms with E-state index in [9.17, 15) is 9.59 Å². The van der Waals surface area contributed by atoms with Crippen LogP contribution < -0.4 is 15.4 Å². The summed E-state index contributed by atoms with van der Waals surface area (Å²) >= 11 is 0. The number of ether oxygens (including phenoxy) is 1. The minimum Gasteiger partial charge on any atom is -0.493 e. The molecule has 0 unspecified atom stereocenters. The number of likely N-dealkylation sites (tertiary alicyclic amines) is 1. The molecule has 1 saturated heterocycles. The quantitative estimate of drug-likeness (QED) is 0.669. The monoisotopic (exact) mass is 347 g/mol. The number of rotatable bonds is 9. The van der Waals surface area contributed by atoms with Crippen LogP contribution >= 0.6 is 0 Å². The first-order valence-electron chi connectivity index (χ1n) is 9.19. The third-order valence-electron chi connectivity index (χ3n) is 4.26. The maximum Gasteiger partial charge on any atom is 0.255 e. The lowest BCUT2D eigenvalue weighted by Gasteiger charge is -2.26. The summed E-state index contributed by atoms with van der Waals surface area (Å²) in [6.07, 6.45) is 4.83. The van der Waals surface area contributed by atoms with Crippen LogP contribution in [0.5, 0.6) is 5.75 Å². The Labute approximate surface area is 149 Å². The molecular weight excluding hydrogens is 318 g/mol. The second-order valence-electron chi connectivity index (χ2n) is 6.22. The van der Waals surface area contributed by atoms with E-state index in [1.54, 1.807) is 18.2 Å². The van der Waals surface area contributed by atoms with Gasteiger partial charge in [-0.1, -0.05) is 18.6 Å². The zero-order valence-corrected chi connectivity index (χ0v) is 15.1. The smallest absolute Gasteiger partial charge is 0.255 e. The number of amides is 2. The van der Waals surface area contributed by atoms with Gasteiger partial charge in [0.15, 0.2) is 0 Å². The van der Waals surface area contributed by atoms with Crippen LogP contribution in [0.25, 0.3) is 0 Å². The number of para-hydroxylation sites is 1. The summed E-state index contributed by atoms with van der Waals surface area (Å²) in [6.45, 7) is 6.33. The van der Waals surface area contributed by atoms with Crippen molar-refractivity contribution in [2.24, 2.45) is 0 Å². The zero-order valence-electron chi connectivity index (χ0n) is 15.1. The fourth-order valence-electron chi connectivity index (χ4n) is 2.97. The summed E-state index contributed by atoms with van der Waals surface area (Å²) < 4.78 is 5.44. The maximum atomic E-state index is 12.2. The minimum atomic E-state index is -0.299. The summed E-state index contributed by atoms with van der Waals surface area (Å²) in [6, 6.07) is 7.03. The number of hydrogen-bond acceptors (Lipinski definition) is 4. The Bertz CT molecular complexity index is 557. The molecule has 1 aliphatic rings. The van der Waals surface area contributed by atoms with E-state index in [4.69, 9.17) is 4.74 Å². The van der Waals surface area contributed by atoms with Crippen molar-refractivity contribution in [3.63, 3.8) is 0 Å². The molecule has 2 amide bonds. The number of carbonyl (C=O) groups is 2. The van der Waals surface area contributed by atoms with Crippen LogP contribution in [-0.4, -0.2) is 56.0 Å². The third kappa shape index (κ3) is 6.74. The lowest BCUT2D eigenvalue weighted by molar-refractivity contribution is -0.120.